The molecule has 1 fully saturated rings. The number of methoxy groups -OCH3 is 1. The summed E-state index contributed by atoms with van der Waals surface area (Å²) < 4.78 is 8.64. The minimum Gasteiger partial charge on any atom is -0.497 e. The van der Waals surface area contributed by atoms with Crippen LogP contribution in [-0.2, 0) is 7.05 Å². The van der Waals surface area contributed by atoms with Crippen molar-refractivity contribution in [1.82, 2.24) is 34.3 Å². The number of aryl methyl sites for hydroxylation is 1. The van der Waals surface area contributed by atoms with Gasteiger partial charge in [-0.2, -0.15) is 10.2 Å². The Morgan fingerprint density at radius 3 is 2.67 bits per heavy atom. The second-order valence-electron chi connectivity index (χ2n) is 10.1. The van der Waals surface area contributed by atoms with Gasteiger partial charge in [0.15, 0.2) is 11.5 Å². The third kappa shape index (κ3) is 5.36. The number of fused-ring (bicyclic) bond motifs is 1. The number of carbonyl (C=O) groups excluding carboxylic acids is 1. The molecule has 3 aromatic heterocycles. The zero-order valence-corrected chi connectivity index (χ0v) is 22.7. The lowest BCUT2D eigenvalue weighted by Gasteiger charge is -2.29. The van der Waals surface area contributed by atoms with Gasteiger partial charge >= 0.3 is 0 Å². The fourth-order valence-electron chi connectivity index (χ4n) is 5.05. The lowest BCUT2D eigenvalue weighted by atomic mass is 9.89. The smallest absolute Gasteiger partial charge is 0.261 e. The highest BCUT2D eigenvalue weighted by atomic mass is 16.5. The van der Waals surface area contributed by atoms with Gasteiger partial charge in [-0.05, 0) is 74.8 Å². The predicted molar refractivity (Wildman–Crippen MR) is 153 cm³/mol. The van der Waals surface area contributed by atoms with Crippen LogP contribution in [0.25, 0.3) is 17.0 Å². The van der Waals surface area contributed by atoms with Crippen molar-refractivity contribution in [2.75, 3.05) is 37.9 Å². The van der Waals surface area contributed by atoms with Crippen LogP contribution in [0.2, 0.25) is 0 Å². The van der Waals surface area contributed by atoms with Crippen molar-refractivity contribution in [2.45, 2.75) is 18.8 Å². The van der Waals surface area contributed by atoms with E-state index in [2.05, 4.69) is 56.0 Å². The third-order valence-electron chi connectivity index (χ3n) is 7.22. The zero-order chi connectivity index (χ0) is 27.6. The molecule has 11 heteroatoms. The van der Waals surface area contributed by atoms with Crippen LogP contribution in [0.4, 0.5) is 17.2 Å². The number of benzene rings is 2. The lowest BCUT2D eigenvalue weighted by Crippen LogP contribution is -2.29. The summed E-state index contributed by atoms with van der Waals surface area (Å²) in [6.07, 6.45) is 7.24. The Balaban J connectivity index is 1.23. The second-order valence-corrected chi connectivity index (χ2v) is 10.1. The number of hydrogen-bond acceptors (Lipinski definition) is 8. The molecule has 40 heavy (non-hydrogen) atoms. The quantitative estimate of drug-likeness (QED) is 0.315. The van der Waals surface area contributed by atoms with Crippen LogP contribution in [0, 0.1) is 0 Å². The number of nitrogens with one attached hydrogen (secondary N) is 2. The Kier molecular flexibility index (Phi) is 6.87. The van der Waals surface area contributed by atoms with Crippen LogP contribution >= 0.6 is 0 Å². The molecule has 0 unspecified atom stereocenters. The van der Waals surface area contributed by atoms with Gasteiger partial charge in [0.2, 0.25) is 0 Å². The van der Waals surface area contributed by atoms with Crippen molar-refractivity contribution >= 4 is 28.7 Å². The monoisotopic (exact) mass is 537 g/mol. The molecule has 0 radical (unpaired) electrons. The van der Waals surface area contributed by atoms with E-state index in [0.717, 1.165) is 37.2 Å². The van der Waals surface area contributed by atoms with E-state index >= 15 is 0 Å². The molecule has 0 bridgehead atoms. The number of likely N-dealkylation sites (tertiary alicyclic amines) is 1. The second kappa shape index (κ2) is 10.8. The van der Waals surface area contributed by atoms with E-state index in [1.165, 1.54) is 11.8 Å². The Morgan fingerprint density at radius 1 is 1.05 bits per heavy atom. The van der Waals surface area contributed by atoms with Crippen molar-refractivity contribution in [3.63, 3.8) is 0 Å². The van der Waals surface area contributed by atoms with Gasteiger partial charge < -0.3 is 20.3 Å². The van der Waals surface area contributed by atoms with E-state index in [0.29, 0.717) is 40.2 Å². The van der Waals surface area contributed by atoms with E-state index in [1.54, 1.807) is 48.0 Å². The number of hydrogen-bond donors (Lipinski definition) is 2. The molecule has 204 valence electrons. The summed E-state index contributed by atoms with van der Waals surface area (Å²) in [6.45, 7) is 2.23. The first-order valence-corrected chi connectivity index (χ1v) is 13.2. The highest BCUT2D eigenvalue weighted by molar-refractivity contribution is 6.08. The van der Waals surface area contributed by atoms with Gasteiger partial charge in [-0.25, -0.2) is 14.5 Å². The number of carbonyl (C=O) groups is 1. The fraction of sp³-hybridized carbons (Fsp3) is 0.276. The minimum absolute atomic E-state index is 0.336. The maximum Gasteiger partial charge on any atom is 0.261 e. The molecule has 1 aliphatic heterocycles. The topological polar surface area (TPSA) is 114 Å². The van der Waals surface area contributed by atoms with Crippen LogP contribution in [0.3, 0.4) is 0 Å². The van der Waals surface area contributed by atoms with Gasteiger partial charge in [0.1, 0.15) is 23.5 Å². The van der Waals surface area contributed by atoms with Crippen molar-refractivity contribution in [2.24, 2.45) is 7.05 Å². The number of piperidine rings is 1. The maximum absolute atomic E-state index is 13.3. The summed E-state index contributed by atoms with van der Waals surface area (Å²) in [7, 11) is 5.55. The van der Waals surface area contributed by atoms with Crippen LogP contribution in [0.15, 0.2) is 67.3 Å². The molecule has 2 N–H and O–H groups in total. The van der Waals surface area contributed by atoms with Gasteiger partial charge in [0, 0.05) is 36.2 Å². The first-order valence-electron chi connectivity index (χ1n) is 13.2. The summed E-state index contributed by atoms with van der Waals surface area (Å²) in [4.78, 5) is 24.7. The number of ether oxygens (including phenoxy) is 1. The molecule has 2 aromatic carbocycles. The SMILES string of the molecule is COc1cc(NC(=O)c2cnn3ccc(Nc4cccc(C5CCN(C)CC5)c4)nc23)cc(-c2ncn(C)n2)c1. The van der Waals surface area contributed by atoms with Gasteiger partial charge in [0.25, 0.3) is 5.91 Å². The lowest BCUT2D eigenvalue weighted by molar-refractivity contribution is 0.102. The summed E-state index contributed by atoms with van der Waals surface area (Å²) >= 11 is 0. The number of anilines is 3. The van der Waals surface area contributed by atoms with Crippen molar-refractivity contribution < 1.29 is 9.53 Å². The number of aromatic nitrogens is 6. The molecular formula is C29H31N9O2. The molecule has 0 atom stereocenters. The first-order chi connectivity index (χ1) is 19.4. The van der Waals surface area contributed by atoms with Crippen LogP contribution in [0.5, 0.6) is 5.75 Å². The largest absolute Gasteiger partial charge is 0.497 e. The highest BCUT2D eigenvalue weighted by Gasteiger charge is 2.19. The normalized spacial score (nSPS) is 14.4. The Labute approximate surface area is 231 Å². The van der Waals surface area contributed by atoms with Gasteiger partial charge in [-0.15, -0.1) is 0 Å². The number of rotatable bonds is 7. The number of nitrogens with zero attached hydrogens (tertiary/aromatic N) is 7. The van der Waals surface area contributed by atoms with E-state index in [4.69, 9.17) is 9.72 Å². The number of amides is 1. The molecule has 0 spiro atoms. The molecule has 0 saturated carbocycles. The van der Waals surface area contributed by atoms with Crippen molar-refractivity contribution in [3.05, 3.63) is 78.4 Å². The average molecular weight is 538 g/mol. The Bertz CT molecular complexity index is 1670. The van der Waals surface area contributed by atoms with Crippen LogP contribution in [-0.4, -0.2) is 67.4 Å². The summed E-state index contributed by atoms with van der Waals surface area (Å²) in [6, 6.07) is 15.7. The molecule has 0 aliphatic carbocycles. The van der Waals surface area contributed by atoms with Gasteiger partial charge in [-0.3, -0.25) is 9.48 Å². The molecule has 1 saturated heterocycles. The van der Waals surface area contributed by atoms with Crippen LogP contribution in [0.1, 0.15) is 34.7 Å². The Morgan fingerprint density at radius 2 is 1.90 bits per heavy atom. The van der Waals surface area contributed by atoms with E-state index in [1.807, 2.05) is 18.2 Å². The average Bonchev–Trinajstić information content (AvgIpc) is 3.59. The van der Waals surface area contributed by atoms with Crippen LogP contribution < -0.4 is 15.4 Å². The molecule has 4 heterocycles. The molecule has 5 aromatic rings. The standard InChI is InChI=1S/C29H31N9O2/c1-36-10-7-19(8-11-36)20-5-4-6-22(13-20)32-26-9-12-38-28(34-26)25(17-31-38)29(39)33-23-14-21(15-24(16-23)40-3)27-30-18-37(2)35-27/h4-6,9,12-19H,7-8,10-11H2,1-3H3,(H,32,34)(H,33,39). The summed E-state index contributed by atoms with van der Waals surface area (Å²) in [5, 5.41) is 15.0. The van der Waals surface area contributed by atoms with E-state index < -0.39 is 0 Å². The summed E-state index contributed by atoms with van der Waals surface area (Å²) in [5.41, 5.74) is 4.37. The van der Waals surface area contributed by atoms with Gasteiger partial charge in [-0.1, -0.05) is 12.1 Å². The van der Waals surface area contributed by atoms with Crippen molar-refractivity contribution in [3.8, 4) is 17.1 Å². The molecule has 1 amide bonds. The first kappa shape index (κ1) is 25.5. The van der Waals surface area contributed by atoms with E-state index in [9.17, 15) is 4.79 Å². The zero-order valence-electron chi connectivity index (χ0n) is 22.7. The van der Waals surface area contributed by atoms with Crippen molar-refractivity contribution in [1.29, 1.82) is 0 Å². The predicted octanol–water partition coefficient (Wildman–Crippen LogP) is 4.34. The molecule has 11 nitrogen and oxygen atoms in total. The molecule has 1 aliphatic rings. The molecular weight excluding hydrogens is 506 g/mol. The minimum atomic E-state index is -0.336. The maximum atomic E-state index is 13.3. The molecule has 6 rings (SSSR count). The highest BCUT2D eigenvalue weighted by Crippen LogP contribution is 2.30. The van der Waals surface area contributed by atoms with Gasteiger partial charge in [0.05, 0.1) is 13.3 Å². The van der Waals surface area contributed by atoms with E-state index in [-0.39, 0.29) is 5.91 Å². The Hall–Kier alpha value is -4.77. The third-order valence-corrected chi connectivity index (χ3v) is 7.22. The summed E-state index contributed by atoms with van der Waals surface area (Å²) in [5.74, 6) is 1.96. The fourth-order valence-corrected chi connectivity index (χ4v) is 5.05.